The largest absolute Gasteiger partial charge is 0.363 e. The fraction of sp³-hybridized carbons (Fsp3) is 0.769. The smallest absolute Gasteiger partial charge is 0.120 e. The number of hydrogen-bond acceptors (Lipinski definition) is 2. The molecule has 0 radical (unpaired) electrons. The van der Waals surface area contributed by atoms with Crippen molar-refractivity contribution in [3.8, 4) is 12.3 Å². The molecule has 0 aliphatic rings. The minimum Gasteiger partial charge on any atom is -0.363 e. The molecule has 0 saturated carbocycles. The van der Waals surface area contributed by atoms with E-state index in [0.29, 0.717) is 18.9 Å². The summed E-state index contributed by atoms with van der Waals surface area (Å²) in [6.45, 7) is 6.57. The lowest BCUT2D eigenvalue weighted by Gasteiger charge is -2.24. The van der Waals surface area contributed by atoms with E-state index >= 15 is 0 Å². The Morgan fingerprint density at radius 2 is 2.20 bits per heavy atom. The van der Waals surface area contributed by atoms with Crippen LogP contribution in [0.25, 0.3) is 0 Å². The van der Waals surface area contributed by atoms with Crippen LogP contribution in [0.2, 0.25) is 0 Å². The second-order valence-electron chi connectivity index (χ2n) is 4.65. The van der Waals surface area contributed by atoms with E-state index in [0.717, 1.165) is 25.5 Å². The number of aldehydes is 1. The fourth-order valence-electron chi connectivity index (χ4n) is 1.47. The summed E-state index contributed by atoms with van der Waals surface area (Å²) < 4.78 is 5.51. The maximum Gasteiger partial charge on any atom is 0.120 e. The zero-order valence-electron chi connectivity index (χ0n) is 10.1. The first kappa shape index (κ1) is 14.2. The van der Waals surface area contributed by atoms with Crippen molar-refractivity contribution in [1.29, 1.82) is 0 Å². The average Bonchev–Trinajstić information content (AvgIpc) is 2.15. The standard InChI is InChI=1S/C13H22O2/c1-5-11-15-13(3,4)9-6-7-12(2)8-10-14/h1,10,12H,6-9,11H2,2-4H3. The molecular formula is C13H22O2. The van der Waals surface area contributed by atoms with Crippen molar-refractivity contribution >= 4 is 6.29 Å². The van der Waals surface area contributed by atoms with Gasteiger partial charge in [0.1, 0.15) is 12.9 Å². The molecule has 2 nitrogen and oxygen atoms in total. The van der Waals surface area contributed by atoms with Gasteiger partial charge < -0.3 is 9.53 Å². The fourth-order valence-corrected chi connectivity index (χ4v) is 1.47. The third kappa shape index (κ3) is 8.20. The second-order valence-corrected chi connectivity index (χ2v) is 4.65. The van der Waals surface area contributed by atoms with Crippen LogP contribution in [-0.2, 0) is 9.53 Å². The summed E-state index contributed by atoms with van der Waals surface area (Å²) >= 11 is 0. The van der Waals surface area contributed by atoms with Gasteiger partial charge in [0, 0.05) is 6.42 Å². The summed E-state index contributed by atoms with van der Waals surface area (Å²) in [4.78, 5) is 10.3. The van der Waals surface area contributed by atoms with Gasteiger partial charge >= 0.3 is 0 Å². The predicted octanol–water partition coefficient (Wildman–Crippen LogP) is 2.81. The maximum atomic E-state index is 10.3. The average molecular weight is 210 g/mol. The molecule has 0 aliphatic heterocycles. The summed E-state index contributed by atoms with van der Waals surface area (Å²) in [5.41, 5.74) is -0.146. The Morgan fingerprint density at radius 1 is 1.53 bits per heavy atom. The van der Waals surface area contributed by atoms with Gasteiger partial charge in [-0.15, -0.1) is 6.42 Å². The lowest BCUT2D eigenvalue weighted by atomic mass is 9.95. The lowest BCUT2D eigenvalue weighted by molar-refractivity contribution is -0.108. The molecule has 0 heterocycles. The van der Waals surface area contributed by atoms with Gasteiger partial charge in [-0.3, -0.25) is 0 Å². The highest BCUT2D eigenvalue weighted by Gasteiger charge is 2.17. The summed E-state index contributed by atoms with van der Waals surface area (Å²) in [5, 5.41) is 0. The summed E-state index contributed by atoms with van der Waals surface area (Å²) in [6, 6.07) is 0. The van der Waals surface area contributed by atoms with E-state index in [9.17, 15) is 4.79 Å². The summed E-state index contributed by atoms with van der Waals surface area (Å²) in [6.07, 6.45) is 9.92. The van der Waals surface area contributed by atoms with Gasteiger partial charge in [-0.25, -0.2) is 0 Å². The number of carbonyl (C=O) groups is 1. The van der Waals surface area contributed by atoms with Gasteiger partial charge in [0.2, 0.25) is 0 Å². The van der Waals surface area contributed by atoms with E-state index in [1.807, 2.05) is 0 Å². The SMILES string of the molecule is C#CCOC(C)(C)CCCC(C)CC=O. The first-order valence-electron chi connectivity index (χ1n) is 5.53. The Bertz CT molecular complexity index is 213. The van der Waals surface area contributed by atoms with Crippen LogP contribution in [0, 0.1) is 18.3 Å². The molecule has 1 unspecified atom stereocenters. The van der Waals surface area contributed by atoms with E-state index in [1.165, 1.54) is 0 Å². The maximum absolute atomic E-state index is 10.3. The molecular weight excluding hydrogens is 188 g/mol. The van der Waals surface area contributed by atoms with Crippen molar-refractivity contribution < 1.29 is 9.53 Å². The number of terminal acetylenes is 1. The van der Waals surface area contributed by atoms with Crippen LogP contribution in [0.5, 0.6) is 0 Å². The highest BCUT2D eigenvalue weighted by molar-refractivity contribution is 5.49. The molecule has 0 fully saturated rings. The monoisotopic (exact) mass is 210 g/mol. The third-order valence-corrected chi connectivity index (χ3v) is 2.52. The number of ether oxygens (including phenoxy) is 1. The summed E-state index contributed by atoms with van der Waals surface area (Å²) in [7, 11) is 0. The van der Waals surface area contributed by atoms with E-state index in [-0.39, 0.29) is 5.60 Å². The van der Waals surface area contributed by atoms with Crippen LogP contribution in [-0.4, -0.2) is 18.5 Å². The molecule has 0 spiro atoms. The van der Waals surface area contributed by atoms with E-state index in [2.05, 4.69) is 26.7 Å². The Labute approximate surface area is 93.4 Å². The molecule has 15 heavy (non-hydrogen) atoms. The highest BCUT2D eigenvalue weighted by Crippen LogP contribution is 2.20. The topological polar surface area (TPSA) is 26.3 Å². The molecule has 0 amide bonds. The van der Waals surface area contributed by atoms with Crippen LogP contribution in [0.3, 0.4) is 0 Å². The molecule has 1 atom stereocenters. The normalized spacial score (nSPS) is 13.2. The second kappa shape index (κ2) is 7.48. The van der Waals surface area contributed by atoms with E-state index < -0.39 is 0 Å². The molecule has 0 aromatic rings. The van der Waals surface area contributed by atoms with Crippen molar-refractivity contribution in [3.05, 3.63) is 0 Å². The zero-order valence-corrected chi connectivity index (χ0v) is 10.1. The molecule has 0 bridgehead atoms. The van der Waals surface area contributed by atoms with Crippen molar-refractivity contribution in [2.45, 2.75) is 52.1 Å². The van der Waals surface area contributed by atoms with E-state index in [4.69, 9.17) is 11.2 Å². The molecule has 2 heteroatoms. The van der Waals surface area contributed by atoms with Crippen molar-refractivity contribution in [1.82, 2.24) is 0 Å². The highest BCUT2D eigenvalue weighted by atomic mass is 16.5. The molecule has 0 saturated heterocycles. The molecule has 0 rings (SSSR count). The Hall–Kier alpha value is -0.810. The Kier molecular flexibility index (Phi) is 7.07. The van der Waals surface area contributed by atoms with Crippen molar-refractivity contribution in [2.24, 2.45) is 5.92 Å². The number of carbonyl (C=O) groups excluding carboxylic acids is 1. The third-order valence-electron chi connectivity index (χ3n) is 2.52. The van der Waals surface area contributed by atoms with Crippen molar-refractivity contribution in [3.63, 3.8) is 0 Å². The Balaban J connectivity index is 3.65. The van der Waals surface area contributed by atoms with Gasteiger partial charge in [0.05, 0.1) is 5.60 Å². The molecule has 86 valence electrons. The van der Waals surface area contributed by atoms with Gasteiger partial charge in [-0.2, -0.15) is 0 Å². The van der Waals surface area contributed by atoms with Crippen LogP contribution < -0.4 is 0 Å². The predicted molar refractivity (Wildman–Crippen MR) is 62.6 cm³/mol. The van der Waals surface area contributed by atoms with Crippen LogP contribution in [0.4, 0.5) is 0 Å². The quantitative estimate of drug-likeness (QED) is 0.455. The molecule has 0 aliphatic carbocycles. The molecule has 0 aromatic carbocycles. The zero-order chi connectivity index (χ0) is 11.7. The van der Waals surface area contributed by atoms with Crippen molar-refractivity contribution in [2.75, 3.05) is 6.61 Å². The minimum absolute atomic E-state index is 0.146. The van der Waals surface area contributed by atoms with Crippen LogP contribution in [0.1, 0.15) is 46.5 Å². The Morgan fingerprint density at radius 3 is 2.73 bits per heavy atom. The first-order chi connectivity index (χ1) is 7.02. The molecule has 0 aromatic heterocycles. The summed E-state index contributed by atoms with van der Waals surface area (Å²) in [5.74, 6) is 2.95. The van der Waals surface area contributed by atoms with Gasteiger partial charge in [0.25, 0.3) is 0 Å². The number of hydrogen-bond donors (Lipinski definition) is 0. The molecule has 0 N–H and O–H groups in total. The lowest BCUT2D eigenvalue weighted by Crippen LogP contribution is -2.24. The van der Waals surface area contributed by atoms with E-state index in [1.54, 1.807) is 0 Å². The van der Waals surface area contributed by atoms with Gasteiger partial charge in [-0.05, 0) is 26.2 Å². The number of rotatable bonds is 8. The van der Waals surface area contributed by atoms with Crippen LogP contribution >= 0.6 is 0 Å². The van der Waals surface area contributed by atoms with Gasteiger partial charge in [0.15, 0.2) is 0 Å². The van der Waals surface area contributed by atoms with Gasteiger partial charge in [-0.1, -0.05) is 25.7 Å². The van der Waals surface area contributed by atoms with Crippen LogP contribution in [0.15, 0.2) is 0 Å². The minimum atomic E-state index is -0.146. The first-order valence-corrected chi connectivity index (χ1v) is 5.53.